The molecule has 0 aromatic rings. The Hall–Kier alpha value is -1.85. The van der Waals surface area contributed by atoms with Crippen LogP contribution < -0.4 is 5.32 Å². The maximum absolute atomic E-state index is 11.8. The van der Waals surface area contributed by atoms with Gasteiger partial charge in [0, 0.05) is 6.42 Å². The molecule has 126 valence electrons. The van der Waals surface area contributed by atoms with Crippen molar-refractivity contribution in [3.8, 4) is 0 Å². The zero-order valence-corrected chi connectivity index (χ0v) is 14.3. The van der Waals surface area contributed by atoms with E-state index in [2.05, 4.69) is 11.9 Å². The highest BCUT2D eigenvalue weighted by atomic mass is 16.6. The summed E-state index contributed by atoms with van der Waals surface area (Å²) in [5.74, 6) is -0.810. The van der Waals surface area contributed by atoms with Crippen LogP contribution >= 0.6 is 0 Å². The monoisotopic (exact) mass is 313 g/mol. The first-order valence-electron chi connectivity index (χ1n) is 7.21. The molecule has 0 aromatic carbocycles. The van der Waals surface area contributed by atoms with E-state index in [1.807, 2.05) is 0 Å². The Morgan fingerprint density at radius 2 is 1.55 bits per heavy atom. The Morgan fingerprint density at radius 1 is 1.05 bits per heavy atom. The molecule has 0 saturated carbocycles. The lowest BCUT2D eigenvalue weighted by atomic mass is 10.1. The minimum absolute atomic E-state index is 0.0112. The van der Waals surface area contributed by atoms with Crippen LogP contribution in [0.2, 0.25) is 0 Å². The summed E-state index contributed by atoms with van der Waals surface area (Å²) >= 11 is 0. The third-order valence-electron chi connectivity index (χ3n) is 2.29. The van der Waals surface area contributed by atoms with E-state index in [0.29, 0.717) is 0 Å². The predicted octanol–water partition coefficient (Wildman–Crippen LogP) is 2.76. The van der Waals surface area contributed by atoms with Crippen LogP contribution in [0.15, 0.2) is 12.7 Å². The second-order valence-electron chi connectivity index (χ2n) is 6.93. The number of esters is 1. The fraction of sp³-hybridized carbons (Fsp3) is 0.688. The zero-order valence-electron chi connectivity index (χ0n) is 14.3. The van der Waals surface area contributed by atoms with Crippen molar-refractivity contribution >= 4 is 17.8 Å². The first kappa shape index (κ1) is 20.1. The van der Waals surface area contributed by atoms with Crippen LogP contribution in [-0.4, -0.2) is 35.1 Å². The quantitative estimate of drug-likeness (QED) is 0.602. The molecular formula is C16H27NO5. The van der Waals surface area contributed by atoms with Gasteiger partial charge in [0.05, 0.1) is 6.04 Å². The summed E-state index contributed by atoms with van der Waals surface area (Å²) in [7, 11) is 0. The molecule has 1 N–H and O–H groups in total. The Morgan fingerprint density at radius 3 is 1.95 bits per heavy atom. The number of hydrogen-bond donors (Lipinski definition) is 1. The minimum atomic E-state index is -0.861. The summed E-state index contributed by atoms with van der Waals surface area (Å²) in [5.41, 5.74) is -1.26. The van der Waals surface area contributed by atoms with Gasteiger partial charge < -0.3 is 14.8 Å². The number of alkyl carbamates (subject to hydrolysis) is 1. The maximum Gasteiger partial charge on any atom is 0.408 e. The highest BCUT2D eigenvalue weighted by molar-refractivity contribution is 5.96. The standard InChI is InChI=1S/C16H27NO5/c1-8-12(18)11(17-14(20)22-16(5,6)7)9-10-13(19)21-15(2,3)4/h8,11H,1,9-10H2,2-7H3,(H,17,20). The Kier molecular flexibility index (Phi) is 7.29. The van der Waals surface area contributed by atoms with Crippen molar-refractivity contribution in [3.05, 3.63) is 12.7 Å². The largest absolute Gasteiger partial charge is 0.460 e. The van der Waals surface area contributed by atoms with E-state index in [9.17, 15) is 14.4 Å². The lowest BCUT2D eigenvalue weighted by Gasteiger charge is -2.23. The van der Waals surface area contributed by atoms with Gasteiger partial charge in [-0.25, -0.2) is 4.79 Å². The number of ether oxygens (including phenoxy) is 2. The van der Waals surface area contributed by atoms with Crippen molar-refractivity contribution in [1.82, 2.24) is 5.32 Å². The second kappa shape index (κ2) is 7.96. The number of ketones is 1. The Balaban J connectivity index is 4.61. The van der Waals surface area contributed by atoms with E-state index < -0.39 is 29.3 Å². The number of rotatable bonds is 6. The predicted molar refractivity (Wildman–Crippen MR) is 83.4 cm³/mol. The van der Waals surface area contributed by atoms with Crippen LogP contribution in [0, 0.1) is 0 Å². The van der Waals surface area contributed by atoms with Gasteiger partial charge in [0.2, 0.25) is 0 Å². The van der Waals surface area contributed by atoms with E-state index in [-0.39, 0.29) is 18.6 Å². The molecule has 6 heteroatoms. The van der Waals surface area contributed by atoms with Gasteiger partial charge in [0.25, 0.3) is 0 Å². The lowest BCUT2D eigenvalue weighted by Crippen LogP contribution is -2.43. The molecule has 0 fully saturated rings. The molecule has 6 nitrogen and oxygen atoms in total. The molecule has 0 radical (unpaired) electrons. The SMILES string of the molecule is C=CC(=O)C(CCC(=O)OC(C)(C)C)NC(=O)OC(C)(C)C. The first-order valence-corrected chi connectivity index (χ1v) is 7.21. The number of amides is 1. The Labute approximate surface area is 132 Å². The molecule has 0 rings (SSSR count). The molecule has 0 bridgehead atoms. The molecule has 0 heterocycles. The number of hydrogen-bond acceptors (Lipinski definition) is 5. The normalized spacial score (nSPS) is 13.0. The molecule has 0 saturated heterocycles. The fourth-order valence-electron chi connectivity index (χ4n) is 1.53. The fourth-order valence-corrected chi connectivity index (χ4v) is 1.53. The van der Waals surface area contributed by atoms with Crippen LogP contribution in [0.25, 0.3) is 0 Å². The molecule has 0 aliphatic heterocycles. The third kappa shape index (κ3) is 9.96. The van der Waals surface area contributed by atoms with E-state index in [1.165, 1.54) is 0 Å². The summed E-state index contributed by atoms with van der Waals surface area (Å²) in [6.07, 6.45) is 0.532. The molecule has 0 aliphatic carbocycles. The summed E-state index contributed by atoms with van der Waals surface area (Å²) in [4.78, 5) is 35.2. The van der Waals surface area contributed by atoms with E-state index in [1.54, 1.807) is 41.5 Å². The minimum Gasteiger partial charge on any atom is -0.460 e. The van der Waals surface area contributed by atoms with Gasteiger partial charge in [-0.15, -0.1) is 0 Å². The molecule has 0 aliphatic rings. The molecule has 0 spiro atoms. The molecule has 1 amide bonds. The van der Waals surface area contributed by atoms with E-state index in [4.69, 9.17) is 9.47 Å². The van der Waals surface area contributed by atoms with Crippen molar-refractivity contribution < 1.29 is 23.9 Å². The molecule has 22 heavy (non-hydrogen) atoms. The van der Waals surface area contributed by atoms with Crippen LogP contribution in [0.3, 0.4) is 0 Å². The van der Waals surface area contributed by atoms with Crippen LogP contribution in [0.4, 0.5) is 4.79 Å². The number of nitrogens with one attached hydrogen (secondary N) is 1. The highest BCUT2D eigenvalue weighted by Gasteiger charge is 2.24. The van der Waals surface area contributed by atoms with Crippen LogP contribution in [0.5, 0.6) is 0 Å². The van der Waals surface area contributed by atoms with Gasteiger partial charge in [-0.3, -0.25) is 9.59 Å². The van der Waals surface area contributed by atoms with Crippen molar-refractivity contribution in [1.29, 1.82) is 0 Å². The average molecular weight is 313 g/mol. The highest BCUT2D eigenvalue weighted by Crippen LogP contribution is 2.11. The molecule has 0 aromatic heterocycles. The zero-order chi connectivity index (χ0) is 17.6. The number of carbonyl (C=O) groups excluding carboxylic acids is 3. The van der Waals surface area contributed by atoms with Crippen LogP contribution in [0.1, 0.15) is 54.4 Å². The number of carbonyl (C=O) groups is 3. The maximum atomic E-state index is 11.8. The summed E-state index contributed by atoms with van der Waals surface area (Å²) in [5, 5.41) is 2.45. The van der Waals surface area contributed by atoms with Gasteiger partial charge in [0.15, 0.2) is 5.78 Å². The van der Waals surface area contributed by atoms with Crippen molar-refractivity contribution in [2.75, 3.05) is 0 Å². The second-order valence-corrected chi connectivity index (χ2v) is 6.93. The van der Waals surface area contributed by atoms with Gasteiger partial charge >= 0.3 is 12.1 Å². The van der Waals surface area contributed by atoms with Crippen molar-refractivity contribution in [2.24, 2.45) is 0 Å². The van der Waals surface area contributed by atoms with Gasteiger partial charge in [-0.2, -0.15) is 0 Å². The Bertz CT molecular complexity index is 429. The van der Waals surface area contributed by atoms with Gasteiger partial charge in [-0.05, 0) is 54.0 Å². The van der Waals surface area contributed by atoms with E-state index in [0.717, 1.165) is 6.08 Å². The summed E-state index contributed by atoms with van der Waals surface area (Å²) < 4.78 is 10.3. The van der Waals surface area contributed by atoms with Gasteiger partial charge in [0.1, 0.15) is 11.2 Å². The lowest BCUT2D eigenvalue weighted by molar-refractivity contribution is -0.155. The van der Waals surface area contributed by atoms with Crippen LogP contribution in [-0.2, 0) is 19.1 Å². The summed E-state index contributed by atoms with van der Waals surface area (Å²) in [6, 6.07) is -0.861. The van der Waals surface area contributed by atoms with Gasteiger partial charge in [-0.1, -0.05) is 6.58 Å². The first-order chi connectivity index (χ1) is 9.84. The topological polar surface area (TPSA) is 81.7 Å². The molecule has 1 unspecified atom stereocenters. The molecule has 1 atom stereocenters. The van der Waals surface area contributed by atoms with E-state index >= 15 is 0 Å². The third-order valence-corrected chi connectivity index (χ3v) is 2.29. The summed E-state index contributed by atoms with van der Waals surface area (Å²) in [6.45, 7) is 13.8. The smallest absolute Gasteiger partial charge is 0.408 e. The van der Waals surface area contributed by atoms with Crippen molar-refractivity contribution in [3.63, 3.8) is 0 Å². The van der Waals surface area contributed by atoms with Crippen molar-refractivity contribution in [2.45, 2.75) is 71.6 Å². The molecular weight excluding hydrogens is 286 g/mol. The average Bonchev–Trinajstić information content (AvgIpc) is 2.28.